The lowest BCUT2D eigenvalue weighted by molar-refractivity contribution is 0.00822. The van der Waals surface area contributed by atoms with Crippen LogP contribution in [0.15, 0.2) is 12.2 Å². The van der Waals surface area contributed by atoms with Crippen molar-refractivity contribution in [3.05, 3.63) is 12.2 Å². The second-order valence-corrected chi connectivity index (χ2v) is 16.5. The van der Waals surface area contributed by atoms with Crippen LogP contribution in [0.3, 0.4) is 0 Å². The summed E-state index contributed by atoms with van der Waals surface area (Å²) in [6.07, 6.45) is 6.98. The lowest BCUT2D eigenvalue weighted by atomic mass is 9.57. The van der Waals surface area contributed by atoms with E-state index in [1.54, 1.807) is 0 Å². The zero-order chi connectivity index (χ0) is 19.1. The first-order valence-electron chi connectivity index (χ1n) is 10.6. The highest BCUT2D eigenvalue weighted by molar-refractivity contribution is 6.74. The molecule has 0 aromatic carbocycles. The fraction of sp³-hybridized carbons (Fsp3) is 0.913. The largest absolute Gasteiger partial charge is 0.413 e. The molecule has 0 N–H and O–H groups in total. The van der Waals surface area contributed by atoms with Gasteiger partial charge < -0.3 is 4.43 Å². The summed E-state index contributed by atoms with van der Waals surface area (Å²) < 4.78 is 7.15. The van der Waals surface area contributed by atoms with E-state index in [-0.39, 0.29) is 10.5 Å². The molecule has 0 aromatic heterocycles. The van der Waals surface area contributed by atoms with Gasteiger partial charge in [0.2, 0.25) is 0 Å². The Morgan fingerprint density at radius 1 is 1.16 bits per heavy atom. The van der Waals surface area contributed by atoms with Crippen molar-refractivity contribution < 1.29 is 4.43 Å². The van der Waals surface area contributed by atoms with Crippen molar-refractivity contribution in [2.75, 3.05) is 0 Å². The van der Waals surface area contributed by atoms with Gasteiger partial charge in [0.05, 0.1) is 6.10 Å². The number of hydrogen-bond donors (Lipinski definition) is 0. The predicted octanol–water partition coefficient (Wildman–Crippen LogP) is 7.20. The van der Waals surface area contributed by atoms with E-state index in [4.69, 9.17) is 4.43 Å². The SMILES string of the molecule is C=C1CC[C@]23CC[C@H](C(C)C)[C@@]2(C)C[C@H](O[Si](C)(C)C(C)(C)C)[C@]13C. The Kier molecular flexibility index (Phi) is 4.30. The highest BCUT2D eigenvalue weighted by Crippen LogP contribution is 2.80. The molecular formula is C23H42OSi. The van der Waals surface area contributed by atoms with Gasteiger partial charge in [0.15, 0.2) is 8.32 Å². The third-order valence-corrected chi connectivity index (χ3v) is 14.2. The van der Waals surface area contributed by atoms with Crippen molar-refractivity contribution >= 4 is 8.32 Å². The topological polar surface area (TPSA) is 9.23 Å². The molecule has 5 atom stereocenters. The second-order valence-electron chi connectivity index (χ2n) is 11.8. The standard InChI is InChI=1S/C23H42OSi/c1-16(2)18-12-14-23-13-11-17(3)22(23,8)19(15-21(18,23)7)24-25(9,10)20(4,5)6/h16,18-19H,3,11-15H2,1-2,4-10H3/t18-,19+,21-,22+,23+/m1/s1. The van der Waals surface area contributed by atoms with Gasteiger partial charge in [-0.2, -0.15) is 0 Å². The smallest absolute Gasteiger partial charge is 0.192 e. The average molecular weight is 363 g/mol. The van der Waals surface area contributed by atoms with Crippen LogP contribution in [0.5, 0.6) is 0 Å². The molecule has 0 heterocycles. The van der Waals surface area contributed by atoms with Crippen LogP contribution in [-0.2, 0) is 4.43 Å². The Hall–Kier alpha value is -0.0831. The maximum atomic E-state index is 7.15. The molecule has 1 nitrogen and oxygen atoms in total. The van der Waals surface area contributed by atoms with Crippen molar-refractivity contribution in [1.82, 2.24) is 0 Å². The highest BCUT2D eigenvalue weighted by Gasteiger charge is 2.75. The average Bonchev–Trinajstić information content (AvgIpc) is 2.94. The summed E-state index contributed by atoms with van der Waals surface area (Å²) in [4.78, 5) is 0. The minimum absolute atomic E-state index is 0.181. The maximum absolute atomic E-state index is 7.15. The molecule has 0 radical (unpaired) electrons. The van der Waals surface area contributed by atoms with Crippen molar-refractivity contribution in [1.29, 1.82) is 0 Å². The third-order valence-electron chi connectivity index (χ3n) is 9.68. The number of rotatable bonds is 3. The lowest BCUT2D eigenvalue weighted by Crippen LogP contribution is -2.49. The molecule has 144 valence electrons. The van der Waals surface area contributed by atoms with Gasteiger partial charge in [-0.05, 0) is 72.9 Å². The Morgan fingerprint density at radius 3 is 2.28 bits per heavy atom. The summed E-state index contributed by atoms with van der Waals surface area (Å²) in [5.41, 5.74) is 2.52. The molecule has 3 fully saturated rings. The van der Waals surface area contributed by atoms with Crippen LogP contribution >= 0.6 is 0 Å². The first-order chi connectivity index (χ1) is 11.2. The Labute approximate surface area is 158 Å². The minimum atomic E-state index is -1.78. The van der Waals surface area contributed by atoms with Crippen LogP contribution in [0.2, 0.25) is 18.1 Å². The fourth-order valence-electron chi connectivity index (χ4n) is 7.08. The van der Waals surface area contributed by atoms with E-state index in [1.165, 1.54) is 37.7 Å². The van der Waals surface area contributed by atoms with E-state index in [2.05, 4.69) is 68.1 Å². The molecule has 25 heavy (non-hydrogen) atoms. The molecule has 2 heteroatoms. The van der Waals surface area contributed by atoms with Gasteiger partial charge in [0, 0.05) is 5.41 Å². The van der Waals surface area contributed by atoms with Crippen molar-refractivity contribution in [3.8, 4) is 0 Å². The van der Waals surface area contributed by atoms with E-state index in [1.807, 2.05) is 0 Å². The molecule has 0 saturated heterocycles. The molecule has 0 aliphatic heterocycles. The maximum Gasteiger partial charge on any atom is 0.192 e. The minimum Gasteiger partial charge on any atom is -0.413 e. The van der Waals surface area contributed by atoms with E-state index >= 15 is 0 Å². The Morgan fingerprint density at radius 2 is 1.76 bits per heavy atom. The van der Waals surface area contributed by atoms with Gasteiger partial charge in [-0.15, -0.1) is 0 Å². The summed E-state index contributed by atoms with van der Waals surface area (Å²) in [7, 11) is -1.78. The molecular weight excluding hydrogens is 320 g/mol. The first kappa shape index (κ1) is 19.7. The van der Waals surface area contributed by atoms with E-state index in [0.717, 1.165) is 11.8 Å². The normalized spacial score (nSPS) is 44.5. The van der Waals surface area contributed by atoms with Gasteiger partial charge in [-0.3, -0.25) is 0 Å². The first-order valence-corrected chi connectivity index (χ1v) is 13.5. The Balaban J connectivity index is 2.05. The monoisotopic (exact) mass is 362 g/mol. The van der Waals surface area contributed by atoms with Crippen LogP contribution in [0, 0.1) is 28.1 Å². The van der Waals surface area contributed by atoms with Gasteiger partial charge in [-0.1, -0.05) is 60.6 Å². The van der Waals surface area contributed by atoms with E-state index < -0.39 is 8.32 Å². The zero-order valence-corrected chi connectivity index (χ0v) is 19.4. The van der Waals surface area contributed by atoms with Gasteiger partial charge in [0.25, 0.3) is 0 Å². The molecule has 0 unspecified atom stereocenters. The molecule has 0 aromatic rings. The molecule has 3 rings (SSSR count). The molecule has 1 spiro atoms. The van der Waals surface area contributed by atoms with Gasteiger partial charge >= 0.3 is 0 Å². The summed E-state index contributed by atoms with van der Waals surface area (Å²) in [6.45, 7) is 26.6. The van der Waals surface area contributed by atoms with Crippen LogP contribution < -0.4 is 0 Å². The molecule has 3 saturated carbocycles. The summed E-state index contributed by atoms with van der Waals surface area (Å²) >= 11 is 0. The van der Waals surface area contributed by atoms with E-state index in [9.17, 15) is 0 Å². The van der Waals surface area contributed by atoms with Crippen LogP contribution in [-0.4, -0.2) is 14.4 Å². The molecule has 0 amide bonds. The van der Waals surface area contributed by atoms with Crippen molar-refractivity contribution in [3.63, 3.8) is 0 Å². The third kappa shape index (κ3) is 2.28. The van der Waals surface area contributed by atoms with Crippen LogP contribution in [0.4, 0.5) is 0 Å². The summed E-state index contributed by atoms with van der Waals surface area (Å²) in [5.74, 6) is 1.61. The van der Waals surface area contributed by atoms with Crippen molar-refractivity contribution in [2.45, 2.75) is 105 Å². The fourth-order valence-corrected chi connectivity index (χ4v) is 8.46. The van der Waals surface area contributed by atoms with Crippen LogP contribution in [0.25, 0.3) is 0 Å². The van der Waals surface area contributed by atoms with Crippen LogP contribution in [0.1, 0.15) is 80.6 Å². The molecule has 3 aliphatic carbocycles. The second kappa shape index (κ2) is 5.47. The lowest BCUT2D eigenvalue weighted by Gasteiger charge is -2.48. The summed E-state index contributed by atoms with van der Waals surface area (Å²) in [6, 6.07) is 0. The predicted molar refractivity (Wildman–Crippen MR) is 111 cm³/mol. The summed E-state index contributed by atoms with van der Waals surface area (Å²) in [5, 5.41) is 0.270. The number of hydrogen-bond acceptors (Lipinski definition) is 1. The highest BCUT2D eigenvalue weighted by atomic mass is 28.4. The molecule has 3 aliphatic rings. The van der Waals surface area contributed by atoms with Gasteiger partial charge in [-0.25, -0.2) is 0 Å². The molecule has 0 bridgehead atoms. The Bertz CT molecular complexity index is 571. The van der Waals surface area contributed by atoms with Gasteiger partial charge in [0.1, 0.15) is 0 Å². The van der Waals surface area contributed by atoms with E-state index in [0.29, 0.717) is 16.9 Å². The van der Waals surface area contributed by atoms with Crippen molar-refractivity contribution in [2.24, 2.45) is 28.1 Å². The quantitative estimate of drug-likeness (QED) is 0.381. The zero-order valence-electron chi connectivity index (χ0n) is 18.4.